The summed E-state index contributed by atoms with van der Waals surface area (Å²) in [5.74, 6) is -2.14. The van der Waals surface area contributed by atoms with Crippen molar-refractivity contribution < 1.29 is 23.4 Å². The van der Waals surface area contributed by atoms with Crippen molar-refractivity contribution in [1.82, 2.24) is 20.6 Å². The van der Waals surface area contributed by atoms with Crippen molar-refractivity contribution in [2.45, 2.75) is 0 Å². The molecule has 2 N–H and O–H groups in total. The van der Waals surface area contributed by atoms with Crippen LogP contribution < -0.4 is 4.74 Å². The van der Waals surface area contributed by atoms with Crippen LogP contribution in [0.2, 0.25) is 0 Å². The van der Waals surface area contributed by atoms with Gasteiger partial charge in [0.25, 0.3) is 0 Å². The van der Waals surface area contributed by atoms with Crippen LogP contribution in [0.3, 0.4) is 0 Å². The van der Waals surface area contributed by atoms with Crippen LogP contribution in [0.25, 0.3) is 11.0 Å². The SMILES string of the molecule is O=C(O)c1coc2cc(Oc3nnn[nH]3)c(F)cc12. The largest absolute Gasteiger partial charge is 0.478 e. The molecule has 3 aromatic rings. The predicted octanol–water partition coefficient (Wildman–Crippen LogP) is 1.58. The molecule has 0 fully saturated rings. The summed E-state index contributed by atoms with van der Waals surface area (Å²) < 4.78 is 23.9. The number of nitrogens with one attached hydrogen (secondary N) is 1. The van der Waals surface area contributed by atoms with Gasteiger partial charge in [0.15, 0.2) is 11.6 Å². The van der Waals surface area contributed by atoms with Crippen LogP contribution in [0.15, 0.2) is 22.8 Å². The molecule has 1 aromatic carbocycles. The zero-order valence-corrected chi connectivity index (χ0v) is 9.12. The van der Waals surface area contributed by atoms with Crippen molar-refractivity contribution >= 4 is 16.9 Å². The maximum absolute atomic E-state index is 13.8. The fourth-order valence-electron chi connectivity index (χ4n) is 1.57. The van der Waals surface area contributed by atoms with Crippen molar-refractivity contribution in [3.8, 4) is 11.8 Å². The van der Waals surface area contributed by atoms with E-state index in [0.29, 0.717) is 0 Å². The number of tetrazole rings is 1. The number of aromatic carboxylic acids is 1. The second-order valence-electron chi connectivity index (χ2n) is 3.54. The van der Waals surface area contributed by atoms with E-state index in [1.165, 1.54) is 6.07 Å². The summed E-state index contributed by atoms with van der Waals surface area (Å²) in [6.07, 6.45) is 1.03. The highest BCUT2D eigenvalue weighted by atomic mass is 19.1. The number of carboxylic acid groups (broad SMARTS) is 1. The van der Waals surface area contributed by atoms with E-state index in [0.717, 1.165) is 12.3 Å². The van der Waals surface area contributed by atoms with Crippen molar-refractivity contribution in [3.05, 3.63) is 29.8 Å². The Hall–Kier alpha value is -2.97. The van der Waals surface area contributed by atoms with Gasteiger partial charge in [-0.3, -0.25) is 0 Å². The van der Waals surface area contributed by atoms with Gasteiger partial charge in [0.1, 0.15) is 17.4 Å². The fraction of sp³-hybridized carbons (Fsp3) is 0. The van der Waals surface area contributed by atoms with Crippen LogP contribution in [0.1, 0.15) is 10.4 Å². The molecule has 0 aliphatic rings. The van der Waals surface area contributed by atoms with Crippen molar-refractivity contribution in [3.63, 3.8) is 0 Å². The standard InChI is InChI=1S/C10H5FN4O4/c11-6-1-4-5(9(16)17)3-18-7(4)2-8(6)19-10-12-14-15-13-10/h1-3H,(H,16,17)(H,12,13,14,15). The fourth-order valence-corrected chi connectivity index (χ4v) is 1.57. The molecule has 0 unspecified atom stereocenters. The van der Waals surface area contributed by atoms with Crippen LogP contribution in [0, 0.1) is 5.82 Å². The molecule has 0 radical (unpaired) electrons. The second-order valence-corrected chi connectivity index (χ2v) is 3.54. The Bertz CT molecular complexity index is 752. The van der Waals surface area contributed by atoms with E-state index in [2.05, 4.69) is 20.6 Å². The molecule has 0 spiro atoms. The smallest absolute Gasteiger partial charge is 0.339 e. The number of fused-ring (bicyclic) bond motifs is 1. The lowest BCUT2D eigenvalue weighted by atomic mass is 10.1. The first-order chi connectivity index (χ1) is 9.15. The molecule has 0 saturated carbocycles. The van der Waals surface area contributed by atoms with E-state index in [1.807, 2.05) is 0 Å². The molecule has 8 nitrogen and oxygen atoms in total. The number of aromatic nitrogens is 4. The van der Waals surface area contributed by atoms with Gasteiger partial charge < -0.3 is 14.3 Å². The highest BCUT2D eigenvalue weighted by Crippen LogP contribution is 2.30. The summed E-state index contributed by atoms with van der Waals surface area (Å²) in [4.78, 5) is 10.9. The van der Waals surface area contributed by atoms with Gasteiger partial charge in [0.2, 0.25) is 0 Å². The van der Waals surface area contributed by atoms with Gasteiger partial charge in [-0.15, -0.1) is 0 Å². The van der Waals surface area contributed by atoms with Crippen LogP contribution in [0.5, 0.6) is 11.8 Å². The van der Waals surface area contributed by atoms with Gasteiger partial charge in [0, 0.05) is 11.5 Å². The minimum Gasteiger partial charge on any atom is -0.478 e. The van der Waals surface area contributed by atoms with Gasteiger partial charge in [0.05, 0.1) is 0 Å². The van der Waals surface area contributed by atoms with Crippen molar-refractivity contribution in [1.29, 1.82) is 0 Å². The predicted molar refractivity (Wildman–Crippen MR) is 57.4 cm³/mol. The number of benzene rings is 1. The quantitative estimate of drug-likeness (QED) is 0.737. The molecule has 2 aromatic heterocycles. The highest BCUT2D eigenvalue weighted by molar-refractivity contribution is 6.02. The Kier molecular flexibility index (Phi) is 2.37. The number of furan rings is 1. The van der Waals surface area contributed by atoms with E-state index < -0.39 is 11.8 Å². The number of hydrogen-bond donors (Lipinski definition) is 2. The molecule has 0 amide bonds. The molecular formula is C10H5FN4O4. The molecule has 9 heteroatoms. The number of aromatic amines is 1. The molecule has 2 heterocycles. The normalized spacial score (nSPS) is 10.8. The van der Waals surface area contributed by atoms with Crippen LogP contribution >= 0.6 is 0 Å². The van der Waals surface area contributed by atoms with Crippen LogP contribution in [-0.2, 0) is 0 Å². The molecule has 0 saturated heterocycles. The first-order valence-electron chi connectivity index (χ1n) is 5.01. The third kappa shape index (κ3) is 1.86. The van der Waals surface area contributed by atoms with Crippen LogP contribution in [-0.4, -0.2) is 31.7 Å². The van der Waals surface area contributed by atoms with Gasteiger partial charge in [-0.05, 0) is 16.5 Å². The van der Waals surface area contributed by atoms with Gasteiger partial charge in [-0.2, -0.15) is 0 Å². The number of carboxylic acids is 1. The van der Waals surface area contributed by atoms with Crippen molar-refractivity contribution in [2.75, 3.05) is 0 Å². The summed E-state index contributed by atoms with van der Waals surface area (Å²) in [5.41, 5.74) is 0.0584. The number of carbonyl (C=O) groups is 1. The van der Waals surface area contributed by atoms with E-state index in [1.54, 1.807) is 0 Å². The molecule has 3 rings (SSSR count). The average Bonchev–Trinajstić information content (AvgIpc) is 2.98. The summed E-state index contributed by atoms with van der Waals surface area (Å²) in [7, 11) is 0. The Morgan fingerprint density at radius 1 is 1.47 bits per heavy atom. The first kappa shape index (κ1) is 11.1. The number of H-pyrrole nitrogens is 1. The number of rotatable bonds is 3. The number of hydrogen-bond acceptors (Lipinski definition) is 6. The van der Waals surface area contributed by atoms with Gasteiger partial charge in [-0.1, -0.05) is 5.10 Å². The first-order valence-corrected chi connectivity index (χ1v) is 5.01. The van der Waals surface area contributed by atoms with Crippen molar-refractivity contribution in [2.24, 2.45) is 0 Å². The zero-order valence-electron chi connectivity index (χ0n) is 9.12. The third-order valence-corrected chi connectivity index (χ3v) is 2.39. The number of ether oxygens (including phenoxy) is 1. The summed E-state index contributed by atoms with van der Waals surface area (Å²) >= 11 is 0. The zero-order chi connectivity index (χ0) is 13.4. The lowest BCUT2D eigenvalue weighted by Gasteiger charge is -2.02. The molecule has 0 bridgehead atoms. The van der Waals surface area contributed by atoms with E-state index >= 15 is 0 Å². The maximum atomic E-state index is 13.8. The minimum atomic E-state index is -1.20. The average molecular weight is 264 g/mol. The van der Waals surface area contributed by atoms with Gasteiger partial charge >= 0.3 is 12.0 Å². The highest BCUT2D eigenvalue weighted by Gasteiger charge is 2.17. The lowest BCUT2D eigenvalue weighted by molar-refractivity contribution is 0.0698. The minimum absolute atomic E-state index is 0.0942. The molecule has 0 aliphatic heterocycles. The molecule has 96 valence electrons. The molecule has 0 atom stereocenters. The van der Waals surface area contributed by atoms with Gasteiger partial charge in [-0.25, -0.2) is 14.3 Å². The summed E-state index contributed by atoms with van der Waals surface area (Å²) in [6, 6.07) is 2.14. The van der Waals surface area contributed by atoms with Crippen LogP contribution in [0.4, 0.5) is 4.39 Å². The Balaban J connectivity index is 2.08. The Morgan fingerprint density at radius 2 is 2.32 bits per heavy atom. The number of nitrogens with zero attached hydrogens (tertiary/aromatic N) is 3. The monoisotopic (exact) mass is 264 g/mol. The lowest BCUT2D eigenvalue weighted by Crippen LogP contribution is -1.95. The number of halogens is 1. The van der Waals surface area contributed by atoms with E-state index in [9.17, 15) is 9.18 Å². The second kappa shape index (κ2) is 4.05. The molecular weight excluding hydrogens is 259 g/mol. The Labute approximate surface area is 103 Å². The third-order valence-electron chi connectivity index (χ3n) is 2.39. The van der Waals surface area contributed by atoms with E-state index in [4.69, 9.17) is 14.3 Å². The topological polar surface area (TPSA) is 114 Å². The summed E-state index contributed by atoms with van der Waals surface area (Å²) in [5, 5.41) is 21.3. The molecule has 19 heavy (non-hydrogen) atoms. The van der Waals surface area contributed by atoms with E-state index in [-0.39, 0.29) is 28.3 Å². The maximum Gasteiger partial charge on any atom is 0.339 e. The molecule has 0 aliphatic carbocycles. The summed E-state index contributed by atoms with van der Waals surface area (Å²) in [6.45, 7) is 0. The Morgan fingerprint density at radius 3 is 3.00 bits per heavy atom.